The number of nitrogens with one attached hydrogen (secondary N) is 1. The molecular weight excluding hydrogens is 1070 g/mol. The molecular formula is C81H153NO5. The van der Waals surface area contributed by atoms with Gasteiger partial charge in [0.2, 0.25) is 5.91 Å². The number of aliphatic hydroxyl groups is 2. The summed E-state index contributed by atoms with van der Waals surface area (Å²) in [6, 6.07) is -0.624. The number of amides is 1. The van der Waals surface area contributed by atoms with Crippen molar-refractivity contribution in [2.24, 2.45) is 0 Å². The van der Waals surface area contributed by atoms with Crippen molar-refractivity contribution in [2.45, 2.75) is 443 Å². The first-order chi connectivity index (χ1) is 43.0. The van der Waals surface area contributed by atoms with Crippen molar-refractivity contribution in [2.75, 3.05) is 13.2 Å². The van der Waals surface area contributed by atoms with E-state index in [0.717, 1.165) is 51.4 Å². The fourth-order valence-electron chi connectivity index (χ4n) is 12.3. The number of ether oxygens (including phenoxy) is 1. The first kappa shape index (κ1) is 84.8. The number of hydrogen-bond donors (Lipinski definition) is 3. The molecule has 3 N–H and O–H groups in total. The molecule has 6 heteroatoms. The van der Waals surface area contributed by atoms with Crippen LogP contribution in [0.2, 0.25) is 0 Å². The third-order valence-electron chi connectivity index (χ3n) is 18.3. The first-order valence-electron chi connectivity index (χ1n) is 39.4. The first-order valence-corrected chi connectivity index (χ1v) is 39.4. The van der Waals surface area contributed by atoms with Crippen LogP contribution in [-0.2, 0) is 14.3 Å². The summed E-state index contributed by atoms with van der Waals surface area (Å²) < 4.78 is 5.51. The van der Waals surface area contributed by atoms with Crippen LogP contribution in [0, 0.1) is 0 Å². The standard InChI is InChI=1S/C81H153NO5/c1-3-5-7-9-11-13-15-17-19-43-47-51-55-59-63-67-71-75-81(86)87-76-72-68-64-60-56-52-48-45-42-40-38-36-34-32-30-28-26-24-22-20-21-23-25-27-29-31-33-35-37-39-41-44-46-50-54-58-62-66-70-74-80(85)82-78(77-83)79(84)73-69-65-61-57-53-49-18-16-14-12-10-8-6-4-2/h11,13,17,19-21,69,73,78-79,83-84H,3-10,12,14-16,18,22-68,70-72,74-77H2,1-2H3,(H,82,85)/b13-11-,19-17-,21-20-,73-69+. The highest BCUT2D eigenvalue weighted by Gasteiger charge is 2.18. The van der Waals surface area contributed by atoms with E-state index < -0.39 is 12.1 Å². The van der Waals surface area contributed by atoms with Crippen LogP contribution >= 0.6 is 0 Å². The molecule has 0 fully saturated rings. The van der Waals surface area contributed by atoms with E-state index >= 15 is 0 Å². The molecule has 0 aromatic heterocycles. The van der Waals surface area contributed by atoms with Gasteiger partial charge in [-0.1, -0.05) is 377 Å². The summed E-state index contributed by atoms with van der Waals surface area (Å²) in [5.41, 5.74) is 0. The zero-order chi connectivity index (χ0) is 62.8. The van der Waals surface area contributed by atoms with Gasteiger partial charge in [0.1, 0.15) is 0 Å². The Labute approximate surface area is 544 Å². The van der Waals surface area contributed by atoms with Crippen molar-refractivity contribution in [1.29, 1.82) is 0 Å². The molecule has 87 heavy (non-hydrogen) atoms. The highest BCUT2D eigenvalue weighted by atomic mass is 16.5. The van der Waals surface area contributed by atoms with E-state index in [0.29, 0.717) is 19.4 Å². The van der Waals surface area contributed by atoms with Crippen molar-refractivity contribution >= 4 is 11.9 Å². The normalized spacial score (nSPS) is 12.7. The number of carbonyl (C=O) groups is 2. The Bertz CT molecular complexity index is 1450. The predicted octanol–water partition coefficient (Wildman–Crippen LogP) is 26.0. The Morgan fingerprint density at radius 1 is 0.322 bits per heavy atom. The van der Waals surface area contributed by atoms with Crippen molar-refractivity contribution < 1.29 is 24.5 Å². The third kappa shape index (κ3) is 72.8. The molecule has 0 aromatic rings. The number of aliphatic hydroxyl groups excluding tert-OH is 2. The highest BCUT2D eigenvalue weighted by Crippen LogP contribution is 2.19. The maximum Gasteiger partial charge on any atom is 0.305 e. The van der Waals surface area contributed by atoms with Gasteiger partial charge in [-0.15, -0.1) is 0 Å². The summed E-state index contributed by atoms with van der Waals surface area (Å²) in [6.07, 6.45) is 101. The number of carbonyl (C=O) groups excluding carboxylic acids is 2. The van der Waals surface area contributed by atoms with E-state index in [-0.39, 0.29) is 18.5 Å². The van der Waals surface area contributed by atoms with E-state index in [2.05, 4.69) is 55.6 Å². The van der Waals surface area contributed by atoms with Crippen molar-refractivity contribution in [3.63, 3.8) is 0 Å². The van der Waals surface area contributed by atoms with Gasteiger partial charge in [0.05, 0.1) is 25.4 Å². The second-order valence-electron chi connectivity index (χ2n) is 27.0. The molecule has 0 heterocycles. The molecule has 0 saturated heterocycles. The van der Waals surface area contributed by atoms with Gasteiger partial charge in [0.25, 0.3) is 0 Å². The van der Waals surface area contributed by atoms with Crippen molar-refractivity contribution in [3.05, 3.63) is 48.6 Å². The Hall–Kier alpha value is -2.18. The van der Waals surface area contributed by atoms with E-state index in [9.17, 15) is 19.8 Å². The van der Waals surface area contributed by atoms with Gasteiger partial charge in [-0.05, 0) is 89.9 Å². The molecule has 0 aliphatic rings. The van der Waals surface area contributed by atoms with Gasteiger partial charge in [0.15, 0.2) is 0 Å². The average Bonchev–Trinajstić information content (AvgIpc) is 3.53. The Kier molecular flexibility index (Phi) is 74.4. The molecule has 0 aromatic carbocycles. The molecule has 512 valence electrons. The maximum atomic E-state index is 12.5. The molecule has 0 bridgehead atoms. The molecule has 0 aliphatic heterocycles. The number of allylic oxidation sites excluding steroid dienone is 7. The minimum atomic E-state index is -0.841. The number of esters is 1. The third-order valence-corrected chi connectivity index (χ3v) is 18.3. The van der Waals surface area contributed by atoms with Crippen molar-refractivity contribution in [1.82, 2.24) is 5.32 Å². The smallest absolute Gasteiger partial charge is 0.305 e. The maximum absolute atomic E-state index is 12.5. The van der Waals surface area contributed by atoms with Crippen LogP contribution in [0.1, 0.15) is 431 Å². The fraction of sp³-hybridized carbons (Fsp3) is 0.877. The minimum absolute atomic E-state index is 0.0148. The zero-order valence-corrected chi connectivity index (χ0v) is 58.8. The van der Waals surface area contributed by atoms with E-state index in [1.165, 1.54) is 353 Å². The molecule has 0 saturated carbocycles. The lowest BCUT2D eigenvalue weighted by Gasteiger charge is -2.20. The van der Waals surface area contributed by atoms with Gasteiger partial charge in [-0.3, -0.25) is 9.59 Å². The molecule has 0 aliphatic carbocycles. The number of unbranched alkanes of at least 4 members (excludes halogenated alkanes) is 57. The Balaban J connectivity index is 3.32. The number of hydrogen-bond acceptors (Lipinski definition) is 5. The second kappa shape index (κ2) is 76.3. The SMILES string of the molecule is CCCCC/C=C\C/C=C\CCCCCCCCCC(=O)OCCCCCCCCCCCCCCCCCCCC/C=C\CCCCCCCCCCCCCCCCCCCC(=O)NC(CO)C(O)/C=C/CCCCCCCCCCCCCC. The van der Waals surface area contributed by atoms with Crippen LogP contribution in [0.3, 0.4) is 0 Å². The molecule has 0 rings (SSSR count). The molecule has 6 nitrogen and oxygen atoms in total. The molecule has 0 radical (unpaired) electrons. The lowest BCUT2D eigenvalue weighted by atomic mass is 10.0. The van der Waals surface area contributed by atoms with E-state index in [1.807, 2.05) is 6.08 Å². The van der Waals surface area contributed by atoms with Gasteiger partial charge >= 0.3 is 5.97 Å². The van der Waals surface area contributed by atoms with Gasteiger partial charge < -0.3 is 20.3 Å². The topological polar surface area (TPSA) is 95.9 Å². The van der Waals surface area contributed by atoms with Gasteiger partial charge in [0, 0.05) is 12.8 Å². The number of rotatable bonds is 74. The molecule has 1 amide bonds. The monoisotopic (exact) mass is 1220 g/mol. The summed E-state index contributed by atoms with van der Waals surface area (Å²) in [5.74, 6) is -0.0468. The van der Waals surface area contributed by atoms with Gasteiger partial charge in [-0.25, -0.2) is 0 Å². The van der Waals surface area contributed by atoms with Crippen LogP contribution in [-0.4, -0.2) is 47.4 Å². The van der Waals surface area contributed by atoms with Crippen LogP contribution < -0.4 is 5.32 Å². The Morgan fingerprint density at radius 3 is 0.908 bits per heavy atom. The summed E-state index contributed by atoms with van der Waals surface area (Å²) >= 11 is 0. The largest absolute Gasteiger partial charge is 0.466 e. The van der Waals surface area contributed by atoms with Crippen LogP contribution in [0.5, 0.6) is 0 Å². The van der Waals surface area contributed by atoms with Crippen LogP contribution in [0.4, 0.5) is 0 Å². The Morgan fingerprint density at radius 2 is 0.575 bits per heavy atom. The summed E-state index contributed by atoms with van der Waals surface area (Å²) in [5, 5.41) is 23.2. The summed E-state index contributed by atoms with van der Waals surface area (Å²) in [6.45, 7) is 4.91. The predicted molar refractivity (Wildman–Crippen MR) is 384 cm³/mol. The average molecular weight is 1220 g/mol. The lowest BCUT2D eigenvalue weighted by molar-refractivity contribution is -0.143. The summed E-state index contributed by atoms with van der Waals surface area (Å²) in [4.78, 5) is 24.6. The van der Waals surface area contributed by atoms with Crippen molar-refractivity contribution in [3.8, 4) is 0 Å². The molecule has 2 unspecified atom stereocenters. The zero-order valence-electron chi connectivity index (χ0n) is 58.8. The second-order valence-corrected chi connectivity index (χ2v) is 27.0. The van der Waals surface area contributed by atoms with Gasteiger partial charge in [-0.2, -0.15) is 0 Å². The quantitative estimate of drug-likeness (QED) is 0.0320. The van der Waals surface area contributed by atoms with Crippen LogP contribution in [0.15, 0.2) is 48.6 Å². The van der Waals surface area contributed by atoms with E-state index in [1.54, 1.807) is 6.08 Å². The fourth-order valence-corrected chi connectivity index (χ4v) is 12.3. The molecule has 2 atom stereocenters. The lowest BCUT2D eigenvalue weighted by Crippen LogP contribution is -2.45. The highest BCUT2D eigenvalue weighted by molar-refractivity contribution is 5.76. The summed E-state index contributed by atoms with van der Waals surface area (Å²) in [7, 11) is 0. The van der Waals surface area contributed by atoms with E-state index in [4.69, 9.17) is 4.74 Å². The van der Waals surface area contributed by atoms with Crippen LogP contribution in [0.25, 0.3) is 0 Å². The minimum Gasteiger partial charge on any atom is -0.466 e. The molecule has 0 spiro atoms.